The molecule has 0 spiro atoms. The van der Waals surface area contributed by atoms with Gasteiger partial charge in [-0.1, -0.05) is 18.2 Å². The molecular weight excluding hydrogens is 441 g/mol. The molecule has 1 aliphatic heterocycles. The molecule has 0 radical (unpaired) electrons. The summed E-state index contributed by atoms with van der Waals surface area (Å²) >= 11 is 0. The zero-order valence-electron chi connectivity index (χ0n) is 20.2. The Labute approximate surface area is 205 Å². The minimum atomic E-state index is -0.213. The average molecular weight is 474 g/mol. The Kier molecular flexibility index (Phi) is 6.68. The molecule has 0 fully saturated rings. The Balaban J connectivity index is 1.35. The van der Waals surface area contributed by atoms with Crippen LogP contribution in [0.15, 0.2) is 54.6 Å². The van der Waals surface area contributed by atoms with Gasteiger partial charge in [-0.05, 0) is 79.6 Å². The zero-order valence-corrected chi connectivity index (χ0v) is 20.2. The Hall–Kier alpha value is -3.45. The van der Waals surface area contributed by atoms with Crippen molar-refractivity contribution in [2.24, 2.45) is 7.05 Å². The third kappa shape index (κ3) is 5.00. The monoisotopic (exact) mass is 473 g/mol. The van der Waals surface area contributed by atoms with Gasteiger partial charge in [0.05, 0.1) is 5.69 Å². The summed E-state index contributed by atoms with van der Waals surface area (Å²) < 4.78 is 15.2. The van der Waals surface area contributed by atoms with E-state index in [1.807, 2.05) is 28.8 Å². The second kappa shape index (κ2) is 10.0. The number of carbonyl (C=O) groups is 1. The van der Waals surface area contributed by atoms with Gasteiger partial charge in [0, 0.05) is 50.0 Å². The maximum Gasteiger partial charge on any atom is 0.259 e. The topological polar surface area (TPSA) is 67.4 Å². The van der Waals surface area contributed by atoms with Crippen molar-refractivity contribution >= 4 is 23.0 Å². The molecule has 35 heavy (non-hydrogen) atoms. The number of halogens is 1. The largest absolute Gasteiger partial charge is 0.399 e. The van der Waals surface area contributed by atoms with E-state index in [0.29, 0.717) is 17.8 Å². The average Bonchev–Trinajstić information content (AvgIpc) is 3.21. The Morgan fingerprint density at radius 1 is 1.06 bits per heavy atom. The molecule has 2 aromatic carbocycles. The third-order valence-corrected chi connectivity index (χ3v) is 7.09. The number of amides is 1. The lowest BCUT2D eigenvalue weighted by Crippen LogP contribution is -2.41. The van der Waals surface area contributed by atoms with E-state index in [9.17, 15) is 9.18 Å². The van der Waals surface area contributed by atoms with Gasteiger partial charge in [-0.15, -0.1) is 0 Å². The number of hydrogen-bond donors (Lipinski definition) is 1. The van der Waals surface area contributed by atoms with E-state index in [1.165, 1.54) is 23.3 Å². The van der Waals surface area contributed by atoms with E-state index in [-0.39, 0.29) is 11.7 Å². The normalized spacial score (nSPS) is 16.0. The highest BCUT2D eigenvalue weighted by Gasteiger charge is 2.28. The van der Waals surface area contributed by atoms with Crippen molar-refractivity contribution < 1.29 is 9.18 Å². The lowest BCUT2D eigenvalue weighted by atomic mass is 9.97. The van der Waals surface area contributed by atoms with Crippen LogP contribution in [0.2, 0.25) is 0 Å². The Morgan fingerprint density at radius 2 is 1.80 bits per heavy atom. The molecule has 0 saturated carbocycles. The second-order valence-electron chi connectivity index (χ2n) is 9.45. The van der Waals surface area contributed by atoms with Crippen LogP contribution < -0.4 is 10.6 Å². The van der Waals surface area contributed by atoms with Crippen LogP contribution in [-0.2, 0) is 19.9 Å². The second-order valence-corrected chi connectivity index (χ2v) is 9.45. The zero-order chi connectivity index (χ0) is 24.4. The fourth-order valence-corrected chi connectivity index (χ4v) is 5.17. The summed E-state index contributed by atoms with van der Waals surface area (Å²) in [6.45, 7) is 3.04. The van der Waals surface area contributed by atoms with E-state index < -0.39 is 0 Å². The van der Waals surface area contributed by atoms with Crippen LogP contribution >= 0.6 is 0 Å². The van der Waals surface area contributed by atoms with Crippen LogP contribution in [0.3, 0.4) is 0 Å². The molecule has 0 bridgehead atoms. The molecular formula is C28H32FN5O. The lowest BCUT2D eigenvalue weighted by molar-refractivity contribution is 0.0982. The van der Waals surface area contributed by atoms with Crippen LogP contribution in [-0.4, -0.2) is 46.8 Å². The van der Waals surface area contributed by atoms with Gasteiger partial charge in [-0.3, -0.25) is 19.3 Å². The van der Waals surface area contributed by atoms with Crippen molar-refractivity contribution in [3.63, 3.8) is 0 Å². The van der Waals surface area contributed by atoms with Crippen molar-refractivity contribution in [1.82, 2.24) is 14.7 Å². The van der Waals surface area contributed by atoms with Crippen molar-refractivity contribution in [2.75, 3.05) is 36.8 Å². The number of hydrogen-bond acceptors (Lipinski definition) is 4. The fourth-order valence-electron chi connectivity index (χ4n) is 5.17. The first kappa shape index (κ1) is 23.3. The quantitative estimate of drug-likeness (QED) is 0.537. The third-order valence-electron chi connectivity index (χ3n) is 7.09. The highest BCUT2D eigenvalue weighted by molar-refractivity contribution is 6.06. The van der Waals surface area contributed by atoms with Crippen molar-refractivity contribution in [1.29, 1.82) is 0 Å². The maximum atomic E-state index is 13.7. The van der Waals surface area contributed by atoms with Gasteiger partial charge in [0.1, 0.15) is 11.6 Å². The van der Waals surface area contributed by atoms with Gasteiger partial charge in [-0.2, -0.15) is 5.10 Å². The number of aromatic nitrogens is 2. The molecule has 0 atom stereocenters. The first-order chi connectivity index (χ1) is 17.0. The maximum absolute atomic E-state index is 13.7. The van der Waals surface area contributed by atoms with E-state index in [0.717, 1.165) is 68.8 Å². The first-order valence-electron chi connectivity index (χ1n) is 12.4. The number of nitrogens with two attached hydrogens (primary N) is 1. The van der Waals surface area contributed by atoms with Crippen LogP contribution in [0, 0.1) is 5.82 Å². The smallest absolute Gasteiger partial charge is 0.259 e. The van der Waals surface area contributed by atoms with Gasteiger partial charge in [0.15, 0.2) is 0 Å². The molecule has 0 unspecified atom stereocenters. The van der Waals surface area contributed by atoms with Gasteiger partial charge in [0.2, 0.25) is 0 Å². The van der Waals surface area contributed by atoms with Gasteiger partial charge >= 0.3 is 0 Å². The number of fused-ring (bicyclic) bond motifs is 1. The number of rotatable bonds is 6. The van der Waals surface area contributed by atoms with Gasteiger partial charge in [0.25, 0.3) is 5.91 Å². The summed E-state index contributed by atoms with van der Waals surface area (Å²) in [5.74, 6) is 0.678. The molecule has 1 aliphatic carbocycles. The molecule has 182 valence electrons. The molecule has 7 heteroatoms. The molecule has 1 amide bonds. The minimum absolute atomic E-state index is 0.0269. The van der Waals surface area contributed by atoms with Crippen LogP contribution in [0.1, 0.15) is 46.4 Å². The molecule has 2 aliphatic rings. The molecule has 0 saturated heterocycles. The Morgan fingerprint density at radius 3 is 2.51 bits per heavy atom. The number of anilines is 2. The van der Waals surface area contributed by atoms with E-state index in [4.69, 9.17) is 10.8 Å². The molecule has 2 heterocycles. The number of aryl methyl sites for hydroxylation is 2. The Bertz CT molecular complexity index is 1230. The van der Waals surface area contributed by atoms with E-state index >= 15 is 0 Å². The van der Waals surface area contributed by atoms with Crippen LogP contribution in [0.25, 0.3) is 5.57 Å². The summed E-state index contributed by atoms with van der Waals surface area (Å²) in [5, 5.41) is 4.76. The van der Waals surface area contributed by atoms with Crippen molar-refractivity contribution in [2.45, 2.75) is 32.1 Å². The lowest BCUT2D eigenvalue weighted by Gasteiger charge is -2.30. The molecule has 5 rings (SSSR count). The van der Waals surface area contributed by atoms with Crippen LogP contribution in [0.5, 0.6) is 0 Å². The predicted octanol–water partition coefficient (Wildman–Crippen LogP) is 4.46. The molecule has 3 aromatic rings. The van der Waals surface area contributed by atoms with Crippen molar-refractivity contribution in [3.05, 3.63) is 82.8 Å². The highest BCUT2D eigenvalue weighted by Crippen LogP contribution is 2.31. The van der Waals surface area contributed by atoms with Crippen LogP contribution in [0.4, 0.5) is 15.9 Å². The standard InChI is InChI=1S/C28H32FN5O/c1-32-27(25-4-2-3-5-26(25)31-32)34(28(35)22-8-12-24(30)13-9-22)19-18-33-16-14-21(15-17-33)20-6-10-23(29)11-7-20/h6-14H,2-5,15-19,30H2,1H3. The first-order valence-corrected chi connectivity index (χ1v) is 12.4. The summed E-state index contributed by atoms with van der Waals surface area (Å²) in [5.41, 5.74) is 11.8. The number of nitrogens with zero attached hydrogens (tertiary/aromatic N) is 4. The molecule has 1 aromatic heterocycles. The van der Waals surface area contributed by atoms with Gasteiger partial charge < -0.3 is 5.73 Å². The van der Waals surface area contributed by atoms with Gasteiger partial charge in [-0.25, -0.2) is 4.39 Å². The fraction of sp³-hybridized carbons (Fsp3) is 0.357. The molecule has 2 N–H and O–H groups in total. The summed E-state index contributed by atoms with van der Waals surface area (Å²) in [7, 11) is 1.94. The van der Waals surface area contributed by atoms with E-state index in [1.54, 1.807) is 24.3 Å². The van der Waals surface area contributed by atoms with Crippen molar-refractivity contribution in [3.8, 4) is 0 Å². The van der Waals surface area contributed by atoms with E-state index in [2.05, 4.69) is 11.0 Å². The summed E-state index contributed by atoms with van der Waals surface area (Å²) in [6, 6.07) is 13.9. The molecule has 6 nitrogen and oxygen atoms in total. The summed E-state index contributed by atoms with van der Waals surface area (Å²) in [6.07, 6.45) is 7.31. The number of nitrogen functional groups attached to an aromatic ring is 1. The SMILES string of the molecule is Cn1nc2c(c1N(CCN1CC=C(c3ccc(F)cc3)CC1)C(=O)c1ccc(N)cc1)CCCC2. The predicted molar refractivity (Wildman–Crippen MR) is 138 cm³/mol. The number of carbonyl (C=O) groups excluding carboxylic acids is 1. The highest BCUT2D eigenvalue weighted by atomic mass is 19.1. The summed E-state index contributed by atoms with van der Waals surface area (Å²) in [4.78, 5) is 18.0. The minimum Gasteiger partial charge on any atom is -0.399 e. The number of benzene rings is 2.